The highest BCUT2D eigenvalue weighted by Gasteiger charge is 2.11. The summed E-state index contributed by atoms with van der Waals surface area (Å²) in [6.07, 6.45) is 0. The van der Waals surface area contributed by atoms with E-state index in [0.29, 0.717) is 24.5 Å². The Morgan fingerprint density at radius 1 is 1.00 bits per heavy atom. The van der Waals surface area contributed by atoms with E-state index in [2.05, 4.69) is 26.2 Å². The predicted molar refractivity (Wildman–Crippen MR) is 109 cm³/mol. The summed E-state index contributed by atoms with van der Waals surface area (Å²) in [4.78, 5) is 2.13. The number of azo groups is 1. The second-order valence-electron chi connectivity index (χ2n) is 5.67. The van der Waals surface area contributed by atoms with Crippen molar-refractivity contribution in [3.63, 3.8) is 0 Å². The number of nitrogens with zero attached hydrogens (tertiary/aromatic N) is 3. The van der Waals surface area contributed by atoms with E-state index < -0.39 is 9.84 Å². The van der Waals surface area contributed by atoms with Crippen molar-refractivity contribution >= 4 is 42.8 Å². The first-order valence-corrected chi connectivity index (χ1v) is 10.9. The second kappa shape index (κ2) is 9.93. The Balaban J connectivity index is 2.17. The molecule has 0 unspecified atom stereocenters. The monoisotopic (exact) mass is 455 g/mol. The van der Waals surface area contributed by atoms with Crippen LogP contribution in [0.5, 0.6) is 0 Å². The Morgan fingerprint density at radius 3 is 2.15 bits per heavy atom. The number of sulfone groups is 1. The number of hydrogen-bond donors (Lipinski definition) is 2. The minimum absolute atomic E-state index is 0.0111. The van der Waals surface area contributed by atoms with Crippen LogP contribution in [0.2, 0.25) is 0 Å². The van der Waals surface area contributed by atoms with Crippen molar-refractivity contribution in [1.82, 2.24) is 0 Å². The molecular weight excluding hydrogens is 434 g/mol. The number of aliphatic hydroxyl groups excluding tert-OH is 2. The molecule has 146 valence electrons. The quantitative estimate of drug-likeness (QED) is 0.563. The Labute approximate surface area is 167 Å². The number of benzene rings is 2. The van der Waals surface area contributed by atoms with Gasteiger partial charge in [-0.25, -0.2) is 8.42 Å². The Hall–Kier alpha value is -1.81. The third kappa shape index (κ3) is 5.83. The van der Waals surface area contributed by atoms with Gasteiger partial charge < -0.3 is 15.1 Å². The van der Waals surface area contributed by atoms with Gasteiger partial charge in [0.05, 0.1) is 35.2 Å². The normalized spacial score (nSPS) is 11.9. The van der Waals surface area contributed by atoms with Gasteiger partial charge in [-0.15, -0.1) is 5.11 Å². The molecule has 9 heteroatoms. The Bertz CT molecular complexity index is 880. The number of rotatable bonds is 9. The van der Waals surface area contributed by atoms with Crippen molar-refractivity contribution in [2.45, 2.75) is 11.8 Å². The first-order chi connectivity index (χ1) is 12.9. The number of halogens is 1. The summed E-state index contributed by atoms with van der Waals surface area (Å²) in [6.45, 7) is 2.42. The fourth-order valence-electron chi connectivity index (χ4n) is 2.38. The molecule has 0 atom stereocenters. The summed E-state index contributed by atoms with van der Waals surface area (Å²) in [5.41, 5.74) is 2.00. The molecule has 0 aromatic heterocycles. The van der Waals surface area contributed by atoms with Crippen molar-refractivity contribution in [2.75, 3.05) is 37.0 Å². The fourth-order valence-corrected chi connectivity index (χ4v) is 3.71. The van der Waals surface area contributed by atoms with Crippen molar-refractivity contribution in [3.05, 3.63) is 46.9 Å². The van der Waals surface area contributed by atoms with E-state index >= 15 is 0 Å². The molecule has 2 rings (SSSR count). The van der Waals surface area contributed by atoms with Crippen molar-refractivity contribution in [1.29, 1.82) is 0 Å². The second-order valence-corrected chi connectivity index (χ2v) is 8.80. The highest BCUT2D eigenvalue weighted by molar-refractivity contribution is 9.10. The number of aliphatic hydroxyl groups is 2. The lowest BCUT2D eigenvalue weighted by molar-refractivity contribution is 0.281. The molecule has 0 saturated carbocycles. The molecule has 7 nitrogen and oxygen atoms in total. The maximum Gasteiger partial charge on any atom is 0.178 e. The molecule has 0 spiro atoms. The SMILES string of the molecule is CCS(=O)(=O)c1ccc(N=Nc2ccc(N(CCO)CCO)cc2Br)cc1. The van der Waals surface area contributed by atoms with E-state index in [0.717, 1.165) is 10.2 Å². The molecule has 0 saturated heterocycles. The Morgan fingerprint density at radius 2 is 1.63 bits per heavy atom. The lowest BCUT2D eigenvalue weighted by atomic mass is 10.2. The van der Waals surface area contributed by atoms with Crippen LogP contribution in [0.25, 0.3) is 0 Å². The van der Waals surface area contributed by atoms with Crippen molar-refractivity contribution in [2.24, 2.45) is 10.2 Å². The van der Waals surface area contributed by atoms with Crippen LogP contribution in [0.4, 0.5) is 17.1 Å². The van der Waals surface area contributed by atoms with Gasteiger partial charge in [0.2, 0.25) is 0 Å². The summed E-state index contributed by atoms with van der Waals surface area (Å²) in [7, 11) is -3.23. The van der Waals surface area contributed by atoms with E-state index in [4.69, 9.17) is 10.2 Å². The summed E-state index contributed by atoms with van der Waals surface area (Å²) >= 11 is 3.45. The van der Waals surface area contributed by atoms with E-state index in [1.165, 1.54) is 12.1 Å². The number of anilines is 1. The van der Waals surface area contributed by atoms with Gasteiger partial charge >= 0.3 is 0 Å². The predicted octanol–water partition coefficient (Wildman–Crippen LogP) is 3.45. The molecule has 2 aromatic carbocycles. The summed E-state index contributed by atoms with van der Waals surface area (Å²) in [5.74, 6) is 0.0523. The lowest BCUT2D eigenvalue weighted by Crippen LogP contribution is -2.29. The molecule has 27 heavy (non-hydrogen) atoms. The zero-order valence-electron chi connectivity index (χ0n) is 14.9. The van der Waals surface area contributed by atoms with Crippen LogP contribution in [0.1, 0.15) is 6.92 Å². The molecule has 0 aliphatic rings. The van der Waals surface area contributed by atoms with E-state index in [-0.39, 0.29) is 23.9 Å². The zero-order valence-corrected chi connectivity index (χ0v) is 17.3. The summed E-state index contributed by atoms with van der Waals surface area (Å²) in [5, 5.41) is 26.6. The first kappa shape index (κ1) is 21.5. The highest BCUT2D eigenvalue weighted by atomic mass is 79.9. The maximum absolute atomic E-state index is 11.8. The maximum atomic E-state index is 11.8. The average Bonchev–Trinajstić information content (AvgIpc) is 2.67. The van der Waals surface area contributed by atoms with Gasteiger partial charge in [0.25, 0.3) is 0 Å². The summed E-state index contributed by atoms with van der Waals surface area (Å²) in [6, 6.07) is 11.7. The highest BCUT2D eigenvalue weighted by Crippen LogP contribution is 2.31. The molecule has 0 aliphatic heterocycles. The van der Waals surface area contributed by atoms with Gasteiger partial charge in [-0.3, -0.25) is 0 Å². The van der Waals surface area contributed by atoms with Crippen LogP contribution in [-0.4, -0.2) is 50.7 Å². The third-order valence-electron chi connectivity index (χ3n) is 3.89. The lowest BCUT2D eigenvalue weighted by Gasteiger charge is -2.23. The molecule has 0 fully saturated rings. The topological polar surface area (TPSA) is 103 Å². The molecular formula is C18H22BrN3O4S. The van der Waals surface area contributed by atoms with E-state index in [1.807, 2.05) is 17.0 Å². The van der Waals surface area contributed by atoms with Crippen LogP contribution in [0.3, 0.4) is 0 Å². The van der Waals surface area contributed by atoms with Crippen LogP contribution in [0.15, 0.2) is 62.1 Å². The molecule has 2 N–H and O–H groups in total. The van der Waals surface area contributed by atoms with Gasteiger partial charge in [-0.2, -0.15) is 5.11 Å². The van der Waals surface area contributed by atoms with Gasteiger partial charge in [-0.1, -0.05) is 6.92 Å². The average molecular weight is 456 g/mol. The largest absolute Gasteiger partial charge is 0.395 e. The minimum atomic E-state index is -3.23. The van der Waals surface area contributed by atoms with Crippen molar-refractivity contribution < 1.29 is 18.6 Å². The third-order valence-corrected chi connectivity index (χ3v) is 6.27. The van der Waals surface area contributed by atoms with Crippen molar-refractivity contribution in [3.8, 4) is 0 Å². The molecule has 0 heterocycles. The summed E-state index contributed by atoms with van der Waals surface area (Å²) < 4.78 is 24.4. The molecule has 2 aromatic rings. The van der Waals surface area contributed by atoms with Crippen LogP contribution < -0.4 is 4.90 Å². The van der Waals surface area contributed by atoms with Gasteiger partial charge in [0, 0.05) is 23.2 Å². The standard InChI is InChI=1S/C18H22BrN3O4S/c1-2-27(25,26)16-6-3-14(4-7-16)20-21-18-8-5-15(13-17(18)19)22(9-11-23)10-12-24/h3-8,13,23-24H,2,9-12H2,1H3. The van der Waals surface area contributed by atoms with Crippen LogP contribution >= 0.6 is 15.9 Å². The van der Waals surface area contributed by atoms with Crippen LogP contribution in [-0.2, 0) is 9.84 Å². The van der Waals surface area contributed by atoms with Gasteiger partial charge in [-0.05, 0) is 58.4 Å². The molecule has 0 amide bonds. The van der Waals surface area contributed by atoms with E-state index in [9.17, 15) is 8.42 Å². The van der Waals surface area contributed by atoms with E-state index in [1.54, 1.807) is 25.1 Å². The molecule has 0 radical (unpaired) electrons. The first-order valence-electron chi connectivity index (χ1n) is 8.42. The van der Waals surface area contributed by atoms with Gasteiger partial charge in [0.15, 0.2) is 9.84 Å². The fraction of sp³-hybridized carbons (Fsp3) is 0.333. The van der Waals surface area contributed by atoms with Crippen LogP contribution in [0, 0.1) is 0 Å². The smallest absolute Gasteiger partial charge is 0.178 e. The molecule has 0 bridgehead atoms. The number of hydrogen-bond acceptors (Lipinski definition) is 7. The molecule has 0 aliphatic carbocycles. The minimum Gasteiger partial charge on any atom is -0.395 e. The zero-order chi connectivity index (χ0) is 19.9. The Kier molecular flexibility index (Phi) is 7.91. The van der Waals surface area contributed by atoms with Gasteiger partial charge in [0.1, 0.15) is 0 Å².